The highest BCUT2D eigenvalue weighted by Crippen LogP contribution is 2.36. The van der Waals surface area contributed by atoms with Crippen LogP contribution in [0.2, 0.25) is 0 Å². The first kappa shape index (κ1) is 17.4. The predicted molar refractivity (Wildman–Crippen MR) is 102 cm³/mol. The van der Waals surface area contributed by atoms with Crippen LogP contribution in [0.1, 0.15) is 40.9 Å². The number of aryl methyl sites for hydroxylation is 1. The van der Waals surface area contributed by atoms with Crippen molar-refractivity contribution in [3.63, 3.8) is 0 Å². The average molecular weight is 372 g/mol. The molecule has 7 heteroatoms. The summed E-state index contributed by atoms with van der Waals surface area (Å²) >= 11 is 1.63. The summed E-state index contributed by atoms with van der Waals surface area (Å²) < 4.78 is 6.20. The molecule has 0 bridgehead atoms. The molecule has 138 valence electrons. The molecule has 0 aliphatic carbocycles. The van der Waals surface area contributed by atoms with Crippen LogP contribution in [0.5, 0.6) is 0 Å². The Kier molecular flexibility index (Phi) is 4.91. The maximum absolute atomic E-state index is 12.7. The smallest absolute Gasteiger partial charge is 0.254 e. The molecule has 26 heavy (non-hydrogen) atoms. The Bertz CT molecular complexity index is 756. The van der Waals surface area contributed by atoms with Crippen LogP contribution < -0.4 is 5.32 Å². The van der Waals surface area contributed by atoms with Crippen LogP contribution >= 0.6 is 11.3 Å². The zero-order valence-corrected chi connectivity index (χ0v) is 15.8. The van der Waals surface area contributed by atoms with E-state index in [2.05, 4.69) is 15.3 Å². The van der Waals surface area contributed by atoms with Gasteiger partial charge < -0.3 is 15.0 Å². The quantitative estimate of drug-likeness (QED) is 0.897. The molecular weight excluding hydrogens is 348 g/mol. The summed E-state index contributed by atoms with van der Waals surface area (Å²) in [5.74, 6) is 0.830. The lowest BCUT2D eigenvalue weighted by Gasteiger charge is -2.46. The van der Waals surface area contributed by atoms with Crippen LogP contribution in [-0.4, -0.2) is 52.1 Å². The van der Waals surface area contributed by atoms with Gasteiger partial charge in [0.15, 0.2) is 0 Å². The van der Waals surface area contributed by atoms with E-state index >= 15 is 0 Å². The van der Waals surface area contributed by atoms with Crippen LogP contribution in [0.15, 0.2) is 29.9 Å². The van der Waals surface area contributed by atoms with Crippen molar-refractivity contribution in [1.82, 2.24) is 14.9 Å². The number of rotatable bonds is 3. The van der Waals surface area contributed by atoms with E-state index in [4.69, 9.17) is 4.74 Å². The molecule has 2 saturated heterocycles. The molecule has 0 unspecified atom stereocenters. The summed E-state index contributed by atoms with van der Waals surface area (Å²) in [6, 6.07) is 4.06. The van der Waals surface area contributed by atoms with Crippen molar-refractivity contribution in [2.24, 2.45) is 0 Å². The number of likely N-dealkylation sites (tertiary alicyclic amines) is 1. The number of piperidine rings is 1. The SMILES string of the molecule is Cc1sccc1C(=O)N1CCC2(CC1)C[C@H](Nc1ncccn1)CCO2. The molecule has 1 N–H and O–H groups in total. The summed E-state index contributed by atoms with van der Waals surface area (Å²) in [5, 5.41) is 5.42. The largest absolute Gasteiger partial charge is 0.375 e. The highest BCUT2D eigenvalue weighted by atomic mass is 32.1. The molecule has 2 aromatic heterocycles. The number of ether oxygens (including phenoxy) is 1. The summed E-state index contributed by atoms with van der Waals surface area (Å²) in [6.07, 6.45) is 7.16. The fourth-order valence-electron chi connectivity index (χ4n) is 3.95. The molecule has 2 aromatic rings. The number of hydrogen-bond acceptors (Lipinski definition) is 6. The highest BCUT2D eigenvalue weighted by molar-refractivity contribution is 7.10. The molecular formula is C19H24N4O2S. The molecule has 1 spiro atoms. The van der Waals surface area contributed by atoms with E-state index < -0.39 is 0 Å². The second kappa shape index (κ2) is 7.32. The maximum Gasteiger partial charge on any atom is 0.254 e. The fraction of sp³-hybridized carbons (Fsp3) is 0.526. The topological polar surface area (TPSA) is 67.4 Å². The molecule has 1 atom stereocenters. The summed E-state index contributed by atoms with van der Waals surface area (Å²) in [7, 11) is 0. The van der Waals surface area contributed by atoms with E-state index in [0.717, 1.165) is 55.8 Å². The van der Waals surface area contributed by atoms with E-state index in [1.165, 1.54) is 0 Å². The number of anilines is 1. The number of nitrogens with one attached hydrogen (secondary N) is 1. The molecule has 0 aromatic carbocycles. The number of amides is 1. The molecule has 4 heterocycles. The van der Waals surface area contributed by atoms with Crippen molar-refractivity contribution >= 4 is 23.2 Å². The molecule has 4 rings (SSSR count). The highest BCUT2D eigenvalue weighted by Gasteiger charge is 2.41. The van der Waals surface area contributed by atoms with Gasteiger partial charge in [0.2, 0.25) is 5.95 Å². The monoisotopic (exact) mass is 372 g/mol. The van der Waals surface area contributed by atoms with Crippen molar-refractivity contribution in [2.45, 2.75) is 44.2 Å². The van der Waals surface area contributed by atoms with Gasteiger partial charge in [0.1, 0.15) is 0 Å². The minimum atomic E-state index is -0.134. The van der Waals surface area contributed by atoms with Crippen molar-refractivity contribution in [3.8, 4) is 0 Å². The van der Waals surface area contributed by atoms with Gasteiger partial charge in [-0.15, -0.1) is 11.3 Å². The van der Waals surface area contributed by atoms with Gasteiger partial charge in [-0.05, 0) is 50.1 Å². The van der Waals surface area contributed by atoms with Gasteiger partial charge in [-0.1, -0.05) is 0 Å². The maximum atomic E-state index is 12.7. The van der Waals surface area contributed by atoms with E-state index in [9.17, 15) is 4.79 Å². The van der Waals surface area contributed by atoms with E-state index in [1.807, 2.05) is 29.3 Å². The average Bonchev–Trinajstić information content (AvgIpc) is 3.09. The van der Waals surface area contributed by atoms with Crippen LogP contribution in [0, 0.1) is 6.92 Å². The number of carbonyl (C=O) groups is 1. The third-order valence-electron chi connectivity index (χ3n) is 5.44. The predicted octanol–water partition coefficient (Wildman–Crippen LogP) is 3.11. The van der Waals surface area contributed by atoms with Gasteiger partial charge in [0.05, 0.1) is 11.2 Å². The van der Waals surface area contributed by atoms with Crippen LogP contribution in [-0.2, 0) is 4.74 Å². The first-order valence-electron chi connectivity index (χ1n) is 9.16. The van der Waals surface area contributed by atoms with Crippen molar-refractivity contribution in [1.29, 1.82) is 0 Å². The lowest BCUT2D eigenvalue weighted by atomic mass is 9.82. The van der Waals surface area contributed by atoms with E-state index in [1.54, 1.807) is 23.7 Å². The number of nitrogens with zero attached hydrogens (tertiary/aromatic N) is 3. The molecule has 0 radical (unpaired) electrons. The first-order chi connectivity index (χ1) is 12.7. The lowest BCUT2D eigenvalue weighted by molar-refractivity contribution is -0.110. The van der Waals surface area contributed by atoms with Crippen molar-refractivity contribution in [2.75, 3.05) is 25.0 Å². The summed E-state index contributed by atoms with van der Waals surface area (Å²) in [5.41, 5.74) is 0.710. The third-order valence-corrected chi connectivity index (χ3v) is 6.29. The number of carbonyl (C=O) groups excluding carboxylic acids is 1. The number of hydrogen-bond donors (Lipinski definition) is 1. The third kappa shape index (κ3) is 3.59. The van der Waals surface area contributed by atoms with Gasteiger partial charge in [-0.2, -0.15) is 0 Å². The number of aromatic nitrogens is 2. The Morgan fingerprint density at radius 2 is 2.12 bits per heavy atom. The number of thiophene rings is 1. The molecule has 2 fully saturated rings. The first-order valence-corrected chi connectivity index (χ1v) is 10.0. The minimum absolute atomic E-state index is 0.134. The second-order valence-corrected chi connectivity index (χ2v) is 8.24. The molecule has 2 aliphatic rings. The van der Waals surface area contributed by atoms with Gasteiger partial charge in [-0.25, -0.2) is 9.97 Å². The Labute approximate surface area is 157 Å². The Balaban J connectivity index is 1.37. The standard InChI is InChI=1S/C19H24N4O2S/c1-14-16(4-12-26-14)17(24)23-9-5-19(6-10-23)13-15(3-11-25-19)22-18-20-7-2-8-21-18/h2,4,7-8,12,15H,3,5-6,9-11,13H2,1H3,(H,20,21,22)/t15-/m1/s1. The van der Waals surface area contributed by atoms with Crippen molar-refractivity contribution in [3.05, 3.63) is 40.3 Å². The van der Waals surface area contributed by atoms with E-state index in [0.29, 0.717) is 12.0 Å². The van der Waals surface area contributed by atoms with Crippen LogP contribution in [0.3, 0.4) is 0 Å². The van der Waals surface area contributed by atoms with Gasteiger partial charge in [-0.3, -0.25) is 4.79 Å². The summed E-state index contributed by atoms with van der Waals surface area (Å²) in [4.78, 5) is 24.3. The Morgan fingerprint density at radius 1 is 1.35 bits per heavy atom. The molecule has 6 nitrogen and oxygen atoms in total. The Morgan fingerprint density at radius 3 is 2.81 bits per heavy atom. The second-order valence-electron chi connectivity index (χ2n) is 7.12. The van der Waals surface area contributed by atoms with Crippen LogP contribution in [0.25, 0.3) is 0 Å². The minimum Gasteiger partial charge on any atom is -0.375 e. The zero-order valence-electron chi connectivity index (χ0n) is 15.0. The fourth-order valence-corrected chi connectivity index (χ4v) is 4.64. The van der Waals surface area contributed by atoms with Gasteiger partial charge in [0.25, 0.3) is 5.91 Å². The van der Waals surface area contributed by atoms with Crippen LogP contribution in [0.4, 0.5) is 5.95 Å². The van der Waals surface area contributed by atoms with E-state index in [-0.39, 0.29) is 11.5 Å². The molecule has 1 amide bonds. The lowest BCUT2D eigenvalue weighted by Crippen LogP contribution is -2.52. The summed E-state index contributed by atoms with van der Waals surface area (Å²) in [6.45, 7) is 4.25. The molecule has 2 aliphatic heterocycles. The zero-order chi connectivity index (χ0) is 18.0. The normalized spacial score (nSPS) is 22.3. The molecule has 0 saturated carbocycles. The Hall–Kier alpha value is -1.99. The van der Waals surface area contributed by atoms with Crippen molar-refractivity contribution < 1.29 is 9.53 Å². The van der Waals surface area contributed by atoms with Gasteiger partial charge >= 0.3 is 0 Å². The van der Waals surface area contributed by atoms with Gasteiger partial charge in [0, 0.05) is 43.0 Å².